The quantitative estimate of drug-likeness (QED) is 0.643. The Hall–Kier alpha value is -0.0800. The Morgan fingerprint density at radius 3 is 2.33 bits per heavy atom. The molecule has 2 heteroatoms. The van der Waals surface area contributed by atoms with Crippen LogP contribution in [0.2, 0.25) is 0 Å². The lowest BCUT2D eigenvalue weighted by Gasteiger charge is -2.26. The van der Waals surface area contributed by atoms with Crippen molar-refractivity contribution in [3.63, 3.8) is 0 Å². The van der Waals surface area contributed by atoms with Gasteiger partial charge in [-0.3, -0.25) is 4.90 Å². The predicted octanol–water partition coefficient (Wildman–Crippen LogP) is 2.24. The van der Waals surface area contributed by atoms with Gasteiger partial charge in [-0.15, -0.1) is 0 Å². The van der Waals surface area contributed by atoms with Gasteiger partial charge in [0.15, 0.2) is 0 Å². The highest BCUT2D eigenvalue weighted by Crippen LogP contribution is 2.15. The summed E-state index contributed by atoms with van der Waals surface area (Å²) in [4.78, 5) is 2.39. The van der Waals surface area contributed by atoms with Gasteiger partial charge in [-0.25, -0.2) is 0 Å². The van der Waals surface area contributed by atoms with Crippen molar-refractivity contribution in [2.45, 2.75) is 45.6 Å². The van der Waals surface area contributed by atoms with Crippen LogP contribution in [0.15, 0.2) is 0 Å². The Morgan fingerprint density at radius 2 is 1.83 bits per heavy atom. The van der Waals surface area contributed by atoms with Gasteiger partial charge in [-0.2, -0.15) is 0 Å². The van der Waals surface area contributed by atoms with Crippen molar-refractivity contribution < 1.29 is 4.74 Å². The molecule has 2 nitrogen and oxygen atoms in total. The van der Waals surface area contributed by atoms with E-state index in [4.69, 9.17) is 4.74 Å². The van der Waals surface area contributed by atoms with Gasteiger partial charge in [-0.1, -0.05) is 6.92 Å². The monoisotopic (exact) mass is 171 g/mol. The summed E-state index contributed by atoms with van der Waals surface area (Å²) in [6, 6.07) is 0. The maximum atomic E-state index is 5.79. The van der Waals surface area contributed by atoms with Crippen LogP contribution in [0.25, 0.3) is 0 Å². The van der Waals surface area contributed by atoms with Crippen LogP contribution in [-0.4, -0.2) is 30.3 Å². The summed E-state index contributed by atoms with van der Waals surface area (Å²) in [5.41, 5.74) is 0.0581. The fourth-order valence-corrected chi connectivity index (χ4v) is 1.28. The number of ether oxygens (including phenoxy) is 1. The first-order valence-corrected chi connectivity index (χ1v) is 5.00. The zero-order chi connectivity index (χ0) is 9.03. The van der Waals surface area contributed by atoms with Gasteiger partial charge in [0.25, 0.3) is 0 Å². The average Bonchev–Trinajstić information content (AvgIpc) is 2.53. The Balaban J connectivity index is 2.15. The Labute approximate surface area is 75.9 Å². The van der Waals surface area contributed by atoms with E-state index in [2.05, 4.69) is 25.7 Å². The van der Waals surface area contributed by atoms with Crippen LogP contribution in [0.5, 0.6) is 0 Å². The van der Waals surface area contributed by atoms with Crippen LogP contribution >= 0.6 is 0 Å². The highest BCUT2D eigenvalue weighted by molar-refractivity contribution is 4.67. The first-order chi connectivity index (χ1) is 5.64. The third-order valence-corrected chi connectivity index (χ3v) is 2.69. The molecule has 72 valence electrons. The summed E-state index contributed by atoms with van der Waals surface area (Å²) < 4.78 is 5.79. The van der Waals surface area contributed by atoms with E-state index in [-0.39, 0.29) is 5.60 Å². The molecule has 0 aromatic carbocycles. The molecule has 1 aliphatic heterocycles. The molecular formula is C10H21NO. The minimum absolute atomic E-state index is 0.0581. The first-order valence-electron chi connectivity index (χ1n) is 5.00. The van der Waals surface area contributed by atoms with E-state index in [1.807, 2.05) is 0 Å². The molecule has 1 saturated heterocycles. The van der Waals surface area contributed by atoms with Gasteiger partial charge in [0.05, 0.1) is 12.3 Å². The fraction of sp³-hybridized carbons (Fsp3) is 1.00. The molecule has 1 heterocycles. The molecule has 1 rings (SSSR count). The van der Waals surface area contributed by atoms with Crippen LogP contribution in [0.3, 0.4) is 0 Å². The lowest BCUT2D eigenvalue weighted by molar-refractivity contribution is -0.0694. The van der Waals surface area contributed by atoms with Gasteiger partial charge in [0.1, 0.15) is 0 Å². The second kappa shape index (κ2) is 4.24. The summed E-state index contributed by atoms with van der Waals surface area (Å²) in [6.07, 6.45) is 3.77. The number of hydrogen-bond acceptors (Lipinski definition) is 2. The SMILES string of the molecule is CCC(C)(C)OCN1CCCC1. The molecule has 0 unspecified atom stereocenters. The molecule has 1 aliphatic rings. The molecule has 0 aromatic rings. The minimum atomic E-state index is 0.0581. The number of hydrogen-bond donors (Lipinski definition) is 0. The summed E-state index contributed by atoms with van der Waals surface area (Å²) >= 11 is 0. The normalized spacial score (nSPS) is 20.2. The summed E-state index contributed by atoms with van der Waals surface area (Å²) in [7, 11) is 0. The molecule has 0 aromatic heterocycles. The van der Waals surface area contributed by atoms with Crippen molar-refractivity contribution in [3.8, 4) is 0 Å². The van der Waals surface area contributed by atoms with E-state index in [9.17, 15) is 0 Å². The molecule has 0 spiro atoms. The summed E-state index contributed by atoms with van der Waals surface area (Å²) in [5, 5.41) is 0. The van der Waals surface area contributed by atoms with Crippen LogP contribution in [0, 0.1) is 0 Å². The predicted molar refractivity (Wildman–Crippen MR) is 51.1 cm³/mol. The van der Waals surface area contributed by atoms with E-state index in [1.54, 1.807) is 0 Å². The van der Waals surface area contributed by atoms with Gasteiger partial charge in [0.2, 0.25) is 0 Å². The van der Waals surface area contributed by atoms with Crippen LogP contribution in [0.4, 0.5) is 0 Å². The zero-order valence-electron chi connectivity index (χ0n) is 8.60. The fourth-order valence-electron chi connectivity index (χ4n) is 1.28. The van der Waals surface area contributed by atoms with Crippen LogP contribution in [-0.2, 0) is 4.74 Å². The van der Waals surface area contributed by atoms with Crippen molar-refractivity contribution in [1.29, 1.82) is 0 Å². The largest absolute Gasteiger partial charge is 0.360 e. The Morgan fingerprint density at radius 1 is 1.25 bits per heavy atom. The Kier molecular flexibility index (Phi) is 3.53. The van der Waals surface area contributed by atoms with Crippen LogP contribution < -0.4 is 0 Å². The first kappa shape index (κ1) is 10.0. The molecule has 0 atom stereocenters. The van der Waals surface area contributed by atoms with Gasteiger partial charge >= 0.3 is 0 Å². The molecule has 0 saturated carbocycles. The van der Waals surface area contributed by atoms with E-state index in [0.29, 0.717) is 0 Å². The van der Waals surface area contributed by atoms with Crippen molar-refractivity contribution in [2.24, 2.45) is 0 Å². The molecular weight excluding hydrogens is 150 g/mol. The zero-order valence-corrected chi connectivity index (χ0v) is 8.60. The molecule has 12 heavy (non-hydrogen) atoms. The average molecular weight is 171 g/mol. The maximum Gasteiger partial charge on any atom is 0.0997 e. The highest BCUT2D eigenvalue weighted by Gasteiger charge is 2.18. The third-order valence-electron chi connectivity index (χ3n) is 2.69. The number of rotatable bonds is 4. The second-order valence-electron chi connectivity index (χ2n) is 4.21. The Bertz CT molecular complexity index is 128. The standard InChI is InChI=1S/C10H21NO/c1-4-10(2,3)12-9-11-7-5-6-8-11/h4-9H2,1-3H3. The maximum absolute atomic E-state index is 5.79. The molecule has 0 N–H and O–H groups in total. The van der Waals surface area contributed by atoms with Crippen molar-refractivity contribution in [3.05, 3.63) is 0 Å². The molecule has 0 aliphatic carbocycles. The minimum Gasteiger partial charge on any atom is -0.360 e. The van der Waals surface area contributed by atoms with Crippen molar-refractivity contribution in [1.82, 2.24) is 4.90 Å². The topological polar surface area (TPSA) is 12.5 Å². The highest BCUT2D eigenvalue weighted by atomic mass is 16.5. The molecule has 0 bridgehead atoms. The third kappa shape index (κ3) is 3.11. The molecule has 1 fully saturated rings. The molecule has 0 radical (unpaired) electrons. The van der Waals surface area contributed by atoms with Crippen molar-refractivity contribution in [2.75, 3.05) is 19.8 Å². The smallest absolute Gasteiger partial charge is 0.0997 e. The van der Waals surface area contributed by atoms with Gasteiger partial charge in [0, 0.05) is 13.1 Å². The summed E-state index contributed by atoms with van der Waals surface area (Å²) in [5.74, 6) is 0. The van der Waals surface area contributed by atoms with Gasteiger partial charge < -0.3 is 4.74 Å². The second-order valence-corrected chi connectivity index (χ2v) is 4.21. The van der Waals surface area contributed by atoms with E-state index < -0.39 is 0 Å². The van der Waals surface area contributed by atoms with E-state index in [1.165, 1.54) is 25.9 Å². The number of likely N-dealkylation sites (tertiary alicyclic amines) is 1. The summed E-state index contributed by atoms with van der Waals surface area (Å²) in [6.45, 7) is 9.75. The van der Waals surface area contributed by atoms with Crippen molar-refractivity contribution >= 4 is 0 Å². The lowest BCUT2D eigenvalue weighted by atomic mass is 10.1. The number of nitrogens with zero attached hydrogens (tertiary/aromatic N) is 1. The van der Waals surface area contributed by atoms with Crippen LogP contribution in [0.1, 0.15) is 40.0 Å². The van der Waals surface area contributed by atoms with E-state index >= 15 is 0 Å². The lowest BCUT2D eigenvalue weighted by Crippen LogP contribution is -2.31. The van der Waals surface area contributed by atoms with E-state index in [0.717, 1.165) is 13.2 Å². The van der Waals surface area contributed by atoms with Gasteiger partial charge in [-0.05, 0) is 33.1 Å². The molecule has 0 amide bonds.